The minimum atomic E-state index is -0.150. The van der Waals surface area contributed by atoms with E-state index in [2.05, 4.69) is 20.3 Å². The fraction of sp³-hybridized carbons (Fsp3) is 0.375. The Morgan fingerprint density at radius 3 is 2.87 bits per heavy atom. The maximum atomic E-state index is 14.0. The number of benzene rings is 1. The van der Waals surface area contributed by atoms with Gasteiger partial charge in [-0.05, 0) is 50.1 Å². The Hall–Kier alpha value is -3.06. The summed E-state index contributed by atoms with van der Waals surface area (Å²) in [5.74, 6) is 0.0405. The average Bonchev–Trinajstić information content (AvgIpc) is 3.32. The first-order valence-corrected chi connectivity index (χ1v) is 10.9. The molecule has 1 N–H and O–H groups in total. The Balaban J connectivity index is 1.27. The number of nitrogens with zero attached hydrogens (tertiary/aromatic N) is 4. The highest BCUT2D eigenvalue weighted by molar-refractivity contribution is 5.93. The molecule has 0 bridgehead atoms. The van der Waals surface area contributed by atoms with Crippen LogP contribution in [0.4, 0.5) is 4.39 Å². The van der Waals surface area contributed by atoms with E-state index in [0.29, 0.717) is 24.6 Å². The number of likely N-dealkylation sites (tertiary alicyclic amines) is 1. The molecule has 1 saturated heterocycles. The molecule has 0 spiro atoms. The van der Waals surface area contributed by atoms with Gasteiger partial charge in [0.2, 0.25) is 0 Å². The molecule has 1 aliphatic rings. The molecule has 1 aliphatic heterocycles. The van der Waals surface area contributed by atoms with Crippen LogP contribution >= 0.6 is 0 Å². The second kappa shape index (κ2) is 10.3. The van der Waals surface area contributed by atoms with Gasteiger partial charge in [0.25, 0.3) is 5.91 Å². The number of aromatic nitrogens is 3. The summed E-state index contributed by atoms with van der Waals surface area (Å²) in [4.78, 5) is 19.2. The quantitative estimate of drug-likeness (QED) is 0.565. The summed E-state index contributed by atoms with van der Waals surface area (Å²) >= 11 is 0. The molecule has 6 nitrogen and oxygen atoms in total. The lowest BCUT2D eigenvalue weighted by Crippen LogP contribution is -2.34. The van der Waals surface area contributed by atoms with Crippen molar-refractivity contribution in [2.45, 2.75) is 38.3 Å². The summed E-state index contributed by atoms with van der Waals surface area (Å²) < 4.78 is 15.8. The molecular formula is C24H28FN5O. The molecule has 162 valence electrons. The van der Waals surface area contributed by atoms with Crippen molar-refractivity contribution in [1.29, 1.82) is 0 Å². The Morgan fingerprint density at radius 1 is 1.19 bits per heavy atom. The first-order chi connectivity index (χ1) is 15.2. The molecule has 1 aromatic carbocycles. The van der Waals surface area contributed by atoms with E-state index in [1.165, 1.54) is 6.07 Å². The zero-order valence-electron chi connectivity index (χ0n) is 17.6. The molecule has 0 aliphatic carbocycles. The van der Waals surface area contributed by atoms with Crippen LogP contribution in [0.15, 0.2) is 61.1 Å². The van der Waals surface area contributed by atoms with Crippen molar-refractivity contribution in [2.75, 3.05) is 19.6 Å². The number of amides is 1. The van der Waals surface area contributed by atoms with Crippen LogP contribution in [0.2, 0.25) is 0 Å². The number of hydrogen-bond donors (Lipinski definition) is 1. The second-order valence-corrected chi connectivity index (χ2v) is 8.02. The number of rotatable bonds is 8. The van der Waals surface area contributed by atoms with Crippen LogP contribution in [0, 0.1) is 5.82 Å². The third kappa shape index (κ3) is 5.76. The second-order valence-electron chi connectivity index (χ2n) is 8.02. The van der Waals surface area contributed by atoms with Crippen molar-refractivity contribution < 1.29 is 9.18 Å². The number of nitrogens with one attached hydrogen (secondary N) is 1. The summed E-state index contributed by atoms with van der Waals surface area (Å²) in [7, 11) is 0. The Kier molecular flexibility index (Phi) is 7.04. The fourth-order valence-electron chi connectivity index (χ4n) is 4.07. The molecule has 1 fully saturated rings. The van der Waals surface area contributed by atoms with Gasteiger partial charge in [0.15, 0.2) is 0 Å². The van der Waals surface area contributed by atoms with E-state index in [4.69, 9.17) is 0 Å². The molecule has 31 heavy (non-hydrogen) atoms. The van der Waals surface area contributed by atoms with Crippen molar-refractivity contribution in [3.63, 3.8) is 0 Å². The molecule has 1 unspecified atom stereocenters. The molecule has 0 radical (unpaired) electrons. The first kappa shape index (κ1) is 21.2. The summed E-state index contributed by atoms with van der Waals surface area (Å²) in [6, 6.07) is 12.6. The van der Waals surface area contributed by atoms with Gasteiger partial charge in [0.1, 0.15) is 5.82 Å². The highest BCUT2D eigenvalue weighted by Gasteiger charge is 2.23. The van der Waals surface area contributed by atoms with E-state index in [1.807, 2.05) is 41.2 Å². The predicted octanol–water partition coefficient (Wildman–Crippen LogP) is 3.62. The zero-order chi connectivity index (χ0) is 21.5. The molecule has 7 heteroatoms. The van der Waals surface area contributed by atoms with Crippen LogP contribution < -0.4 is 5.32 Å². The van der Waals surface area contributed by atoms with Gasteiger partial charge in [-0.25, -0.2) is 4.39 Å². The number of aryl methyl sites for hydroxylation is 1. The molecule has 2 aromatic heterocycles. The maximum absolute atomic E-state index is 14.0. The van der Waals surface area contributed by atoms with Gasteiger partial charge < -0.3 is 5.32 Å². The molecule has 3 aromatic rings. The number of carbonyl (C=O) groups is 1. The fourth-order valence-corrected chi connectivity index (χ4v) is 4.07. The van der Waals surface area contributed by atoms with Gasteiger partial charge in [0.05, 0.1) is 5.56 Å². The third-order valence-electron chi connectivity index (χ3n) is 5.73. The largest absolute Gasteiger partial charge is 0.352 e. The third-order valence-corrected chi connectivity index (χ3v) is 5.73. The number of halogens is 1. The van der Waals surface area contributed by atoms with E-state index >= 15 is 0 Å². The van der Waals surface area contributed by atoms with Crippen molar-refractivity contribution in [2.24, 2.45) is 0 Å². The molecule has 0 saturated carbocycles. The maximum Gasteiger partial charge on any atom is 0.252 e. The van der Waals surface area contributed by atoms with Crippen molar-refractivity contribution in [3.05, 3.63) is 83.7 Å². The van der Waals surface area contributed by atoms with E-state index in [0.717, 1.165) is 50.2 Å². The normalized spacial score (nSPS) is 16.9. The van der Waals surface area contributed by atoms with Crippen molar-refractivity contribution in [3.8, 4) is 0 Å². The number of hydrogen-bond acceptors (Lipinski definition) is 4. The minimum absolute atomic E-state index is 0.107. The van der Waals surface area contributed by atoms with Crippen molar-refractivity contribution in [1.82, 2.24) is 25.0 Å². The van der Waals surface area contributed by atoms with Gasteiger partial charge in [-0.1, -0.05) is 18.2 Å². The van der Waals surface area contributed by atoms with E-state index < -0.39 is 0 Å². The number of piperidine rings is 1. The van der Waals surface area contributed by atoms with Gasteiger partial charge >= 0.3 is 0 Å². The van der Waals surface area contributed by atoms with Crippen LogP contribution in [0.1, 0.15) is 46.8 Å². The molecule has 1 amide bonds. The lowest BCUT2D eigenvalue weighted by atomic mass is 9.93. The monoisotopic (exact) mass is 421 g/mol. The lowest BCUT2D eigenvalue weighted by molar-refractivity contribution is 0.0952. The van der Waals surface area contributed by atoms with E-state index in [1.54, 1.807) is 18.5 Å². The van der Waals surface area contributed by atoms with Crippen LogP contribution in [0.3, 0.4) is 0 Å². The van der Waals surface area contributed by atoms with Gasteiger partial charge in [-0.3, -0.25) is 19.4 Å². The highest BCUT2D eigenvalue weighted by atomic mass is 19.1. The van der Waals surface area contributed by atoms with Crippen molar-refractivity contribution >= 4 is 5.91 Å². The van der Waals surface area contributed by atoms with Gasteiger partial charge in [0, 0.05) is 61.9 Å². The standard InChI is InChI=1S/C24H28FN5O/c25-22-8-2-1-6-20(22)17-29-13-3-7-21(18-29)23-10-9-19(16-27-23)24(31)26-11-4-14-30-15-5-12-28-30/h1-2,5-6,8-10,12,15-16,21H,3-4,7,11,13-14,17-18H2,(H,26,31). The summed E-state index contributed by atoms with van der Waals surface area (Å²) in [5.41, 5.74) is 2.30. The Labute approximate surface area is 182 Å². The van der Waals surface area contributed by atoms with Crippen LogP contribution in [0.5, 0.6) is 0 Å². The van der Waals surface area contributed by atoms with Crippen LogP contribution in [-0.2, 0) is 13.1 Å². The average molecular weight is 422 g/mol. The summed E-state index contributed by atoms with van der Waals surface area (Å²) in [6.45, 7) is 3.79. The van der Waals surface area contributed by atoms with Gasteiger partial charge in [-0.2, -0.15) is 5.10 Å². The topological polar surface area (TPSA) is 63.1 Å². The number of carbonyl (C=O) groups excluding carboxylic acids is 1. The lowest BCUT2D eigenvalue weighted by Gasteiger charge is -2.32. The molecule has 4 rings (SSSR count). The number of pyridine rings is 1. The SMILES string of the molecule is O=C(NCCCn1cccn1)c1ccc(C2CCCN(Cc3ccccc3F)C2)nc1. The summed E-state index contributed by atoms with van der Waals surface area (Å²) in [5, 5.41) is 7.09. The van der Waals surface area contributed by atoms with Gasteiger partial charge in [-0.15, -0.1) is 0 Å². The predicted molar refractivity (Wildman–Crippen MR) is 117 cm³/mol. The molecule has 3 heterocycles. The van der Waals surface area contributed by atoms with E-state index in [9.17, 15) is 9.18 Å². The van der Waals surface area contributed by atoms with E-state index in [-0.39, 0.29) is 11.7 Å². The zero-order valence-corrected chi connectivity index (χ0v) is 17.6. The molecule has 1 atom stereocenters. The van der Waals surface area contributed by atoms with Crippen LogP contribution in [0.25, 0.3) is 0 Å². The van der Waals surface area contributed by atoms with Crippen LogP contribution in [-0.4, -0.2) is 45.2 Å². The summed E-state index contributed by atoms with van der Waals surface area (Å²) in [6.07, 6.45) is 8.25. The minimum Gasteiger partial charge on any atom is -0.352 e. The first-order valence-electron chi connectivity index (χ1n) is 10.9. The highest BCUT2D eigenvalue weighted by Crippen LogP contribution is 2.27. The molecular weight excluding hydrogens is 393 g/mol. The Morgan fingerprint density at radius 2 is 2.10 bits per heavy atom. The Bertz CT molecular complexity index is 974. The smallest absolute Gasteiger partial charge is 0.252 e.